The van der Waals surface area contributed by atoms with Gasteiger partial charge in [0.25, 0.3) is 0 Å². The van der Waals surface area contributed by atoms with E-state index < -0.39 is 5.54 Å². The van der Waals surface area contributed by atoms with E-state index in [0.717, 1.165) is 61.1 Å². The third-order valence-corrected chi connectivity index (χ3v) is 11.9. The van der Waals surface area contributed by atoms with Crippen molar-refractivity contribution in [3.05, 3.63) is 177 Å². The molecule has 0 aliphatic carbocycles. The number of halogens is 2. The smallest absolute Gasteiger partial charge is 0.232 e. The van der Waals surface area contributed by atoms with E-state index >= 15 is 0 Å². The number of aryl methyl sites for hydroxylation is 1. The normalized spacial score (nSPS) is 16.5. The monoisotopic (exact) mass is 897 g/mol. The van der Waals surface area contributed by atoms with Gasteiger partial charge in [-0.15, -0.1) is 0 Å². The van der Waals surface area contributed by atoms with Crippen molar-refractivity contribution in [3.8, 4) is 23.0 Å². The number of carbonyl (C=O) groups excluding carboxylic acids is 2. The quantitative estimate of drug-likeness (QED) is 0.129. The summed E-state index contributed by atoms with van der Waals surface area (Å²) in [6.07, 6.45) is 5.71. The number of amides is 2. The lowest BCUT2D eigenvalue weighted by atomic mass is 9.72. The largest absolute Gasteiger partial charge is 0.490 e. The van der Waals surface area contributed by atoms with Crippen LogP contribution in [-0.2, 0) is 28.0 Å². The molecule has 1 N–H and O–H groups in total. The highest BCUT2D eigenvalue weighted by molar-refractivity contribution is 6.30. The average molecular weight is 899 g/mol. The molecule has 2 aliphatic rings. The lowest BCUT2D eigenvalue weighted by Crippen LogP contribution is -2.52. The molecule has 0 saturated carbocycles. The van der Waals surface area contributed by atoms with Gasteiger partial charge in [0.1, 0.15) is 5.54 Å². The number of benzene rings is 5. The summed E-state index contributed by atoms with van der Waals surface area (Å²) in [5, 5.41) is 6.54. The molecule has 12 heteroatoms. The van der Waals surface area contributed by atoms with E-state index in [1.54, 1.807) is 18.7 Å². The fraction of sp³-hybridized carbons (Fsp3) is 0.250. The van der Waals surface area contributed by atoms with E-state index in [0.29, 0.717) is 59.5 Å². The lowest BCUT2D eigenvalue weighted by Gasteiger charge is -2.41. The number of anilines is 1. The summed E-state index contributed by atoms with van der Waals surface area (Å²) in [5.41, 5.74) is 7.29. The molecular formula is C52H49Cl2N3O7. The highest BCUT2D eigenvalue weighted by atomic mass is 35.5. The highest BCUT2D eigenvalue weighted by Crippen LogP contribution is 2.47. The van der Waals surface area contributed by atoms with Crippen molar-refractivity contribution in [1.29, 1.82) is 0 Å². The number of rotatable bonds is 12. The van der Waals surface area contributed by atoms with Crippen LogP contribution >= 0.6 is 23.2 Å². The van der Waals surface area contributed by atoms with Crippen LogP contribution in [0.1, 0.15) is 78.4 Å². The second-order valence-corrected chi connectivity index (χ2v) is 16.3. The van der Waals surface area contributed by atoms with Crippen LogP contribution in [0.3, 0.4) is 0 Å². The number of aromatic nitrogens is 1. The Labute approximate surface area is 383 Å². The van der Waals surface area contributed by atoms with Crippen molar-refractivity contribution in [3.63, 3.8) is 0 Å². The minimum Gasteiger partial charge on any atom is -0.490 e. The molecule has 2 atom stereocenters. The number of ether oxygens (including phenoxy) is 4. The van der Waals surface area contributed by atoms with Crippen LogP contribution in [0, 0.1) is 6.92 Å². The lowest BCUT2D eigenvalue weighted by molar-refractivity contribution is -0.122. The van der Waals surface area contributed by atoms with Gasteiger partial charge in [-0.2, -0.15) is 0 Å². The Balaban J connectivity index is 0.000000175. The molecule has 0 saturated heterocycles. The number of pyridine rings is 1. The summed E-state index contributed by atoms with van der Waals surface area (Å²) in [5.74, 6) is 2.57. The maximum absolute atomic E-state index is 13.4. The Morgan fingerprint density at radius 3 is 1.88 bits per heavy atom. The maximum atomic E-state index is 13.4. The molecule has 5 aromatic carbocycles. The number of hydrogen-bond donors (Lipinski definition) is 1. The predicted octanol–water partition coefficient (Wildman–Crippen LogP) is 11.4. The minimum absolute atomic E-state index is 0.00436. The fourth-order valence-electron chi connectivity index (χ4n) is 8.61. The summed E-state index contributed by atoms with van der Waals surface area (Å²) in [6.45, 7) is 11.7. The van der Waals surface area contributed by atoms with Crippen molar-refractivity contribution in [2.24, 2.45) is 0 Å². The molecule has 328 valence electrons. The molecule has 7 aromatic rings. The van der Waals surface area contributed by atoms with Gasteiger partial charge in [0.15, 0.2) is 23.0 Å². The third-order valence-electron chi connectivity index (χ3n) is 11.4. The Kier molecular flexibility index (Phi) is 13.2. The first-order valence-corrected chi connectivity index (χ1v) is 22.2. The Bertz CT molecular complexity index is 2790. The van der Waals surface area contributed by atoms with Gasteiger partial charge in [-0.1, -0.05) is 59.6 Å². The molecule has 0 bridgehead atoms. The molecule has 64 heavy (non-hydrogen) atoms. The van der Waals surface area contributed by atoms with Crippen molar-refractivity contribution >= 4 is 51.5 Å². The molecule has 9 rings (SSSR count). The maximum Gasteiger partial charge on any atom is 0.232 e. The first-order valence-electron chi connectivity index (χ1n) is 21.5. The third kappa shape index (κ3) is 8.72. The predicted molar refractivity (Wildman–Crippen MR) is 250 cm³/mol. The van der Waals surface area contributed by atoms with Crippen LogP contribution in [0.5, 0.6) is 23.0 Å². The molecule has 2 unspecified atom stereocenters. The summed E-state index contributed by atoms with van der Waals surface area (Å²) in [7, 11) is 0. The Hall–Kier alpha value is -6.49. The minimum atomic E-state index is -0.933. The van der Waals surface area contributed by atoms with Crippen LogP contribution in [0.2, 0.25) is 10.0 Å². The summed E-state index contributed by atoms with van der Waals surface area (Å²) in [6, 6.07) is 32.7. The number of fused-ring (bicyclic) bond motifs is 3. The number of nitrogens with one attached hydrogen (secondary N) is 1. The Morgan fingerprint density at radius 2 is 1.25 bits per heavy atom. The Morgan fingerprint density at radius 1 is 0.672 bits per heavy atom. The van der Waals surface area contributed by atoms with Gasteiger partial charge in [-0.3, -0.25) is 19.5 Å². The van der Waals surface area contributed by atoms with Gasteiger partial charge in [-0.05, 0) is 140 Å². The molecule has 0 spiro atoms. The van der Waals surface area contributed by atoms with Gasteiger partial charge in [-0.25, -0.2) is 0 Å². The van der Waals surface area contributed by atoms with Crippen LogP contribution < -0.4 is 29.2 Å². The zero-order valence-corrected chi connectivity index (χ0v) is 37.9. The number of carbonyl (C=O) groups is 2. The van der Waals surface area contributed by atoms with Crippen LogP contribution in [0.4, 0.5) is 5.69 Å². The van der Waals surface area contributed by atoms with E-state index in [4.69, 9.17) is 46.6 Å². The van der Waals surface area contributed by atoms with Crippen molar-refractivity contribution in [2.75, 3.05) is 31.3 Å². The standard InChI is InChI=1S/C27H24ClNO4.C25H25ClN2O3/c1-3-32-24-12-18-13-26(30)29-27(20-7-9-22(28)10-8-20,23(18)14-25(24)33-4-2)21-6-5-17-15-31-16-19(17)11-21;1-4-30-22-12-18-13-24(29)28(20-11-6-16(3)27-15-20)25(17-7-9-19(26)10-8-17)21(18)14-23(22)31-5-2/h5-12,14-16H,3-4,13H2,1-2H3,(H,29,30);6-12,14-15,25H,4-5,13H2,1-3H3. The zero-order chi connectivity index (χ0) is 45.0. The van der Waals surface area contributed by atoms with E-state index in [2.05, 4.69) is 16.4 Å². The first kappa shape index (κ1) is 44.1. The number of nitrogens with zero attached hydrogens (tertiary/aromatic N) is 2. The number of hydrogen-bond acceptors (Lipinski definition) is 8. The molecule has 2 amide bonds. The topological polar surface area (TPSA) is 112 Å². The fourth-order valence-corrected chi connectivity index (χ4v) is 8.86. The van der Waals surface area contributed by atoms with Gasteiger partial charge in [0.05, 0.1) is 69.7 Å². The van der Waals surface area contributed by atoms with Gasteiger partial charge in [0.2, 0.25) is 11.8 Å². The highest BCUT2D eigenvalue weighted by Gasteiger charge is 2.44. The van der Waals surface area contributed by atoms with E-state index in [9.17, 15) is 9.59 Å². The second kappa shape index (κ2) is 19.1. The van der Waals surface area contributed by atoms with Crippen LogP contribution in [0.25, 0.3) is 10.8 Å². The average Bonchev–Trinajstić information content (AvgIpc) is 3.76. The molecule has 2 aromatic heterocycles. The first-order chi connectivity index (χ1) is 31.1. The zero-order valence-electron chi connectivity index (χ0n) is 36.4. The molecule has 0 fully saturated rings. The summed E-state index contributed by atoms with van der Waals surface area (Å²) in [4.78, 5) is 32.7. The van der Waals surface area contributed by atoms with Crippen molar-refractivity contribution < 1.29 is 33.0 Å². The van der Waals surface area contributed by atoms with E-state index in [1.807, 2.05) is 137 Å². The second-order valence-electron chi connectivity index (χ2n) is 15.4. The van der Waals surface area contributed by atoms with Crippen LogP contribution in [0.15, 0.2) is 126 Å². The van der Waals surface area contributed by atoms with Gasteiger partial charge >= 0.3 is 0 Å². The molecule has 4 heterocycles. The van der Waals surface area contributed by atoms with E-state index in [1.165, 1.54) is 0 Å². The van der Waals surface area contributed by atoms with Gasteiger partial charge < -0.3 is 28.7 Å². The summed E-state index contributed by atoms with van der Waals surface area (Å²) >= 11 is 12.4. The molecule has 2 aliphatic heterocycles. The van der Waals surface area contributed by atoms with Crippen molar-refractivity contribution in [2.45, 2.75) is 59.0 Å². The molecular weight excluding hydrogens is 849 g/mol. The van der Waals surface area contributed by atoms with Crippen molar-refractivity contribution in [1.82, 2.24) is 10.3 Å². The number of furan rings is 1. The molecule has 0 radical (unpaired) electrons. The SMILES string of the molecule is CCOc1cc2c(cc1OCC)C(c1ccc(Cl)cc1)(c1ccc3cocc3c1)NC(=O)C2.CCOc1cc2c(cc1OCC)C(c1ccc(Cl)cc1)N(c1ccc(C)nc1)C(=O)C2. The van der Waals surface area contributed by atoms with Gasteiger partial charge in [0, 0.05) is 26.5 Å². The van der Waals surface area contributed by atoms with Crippen LogP contribution in [-0.4, -0.2) is 43.2 Å². The summed E-state index contributed by atoms with van der Waals surface area (Å²) < 4.78 is 28.9. The van der Waals surface area contributed by atoms with E-state index in [-0.39, 0.29) is 30.7 Å². The molecule has 10 nitrogen and oxygen atoms in total.